The summed E-state index contributed by atoms with van der Waals surface area (Å²) in [6, 6.07) is 1.80. The van der Waals surface area contributed by atoms with Crippen molar-refractivity contribution in [2.45, 2.75) is 26.8 Å². The van der Waals surface area contributed by atoms with Gasteiger partial charge in [-0.2, -0.15) is 0 Å². The van der Waals surface area contributed by atoms with E-state index in [1.807, 2.05) is 10.8 Å². The fourth-order valence-corrected chi connectivity index (χ4v) is 2.06. The molecule has 5 nitrogen and oxygen atoms in total. The summed E-state index contributed by atoms with van der Waals surface area (Å²) in [4.78, 5) is 22.6. The first kappa shape index (κ1) is 14.8. The van der Waals surface area contributed by atoms with E-state index < -0.39 is 0 Å². The molecule has 0 bridgehead atoms. The van der Waals surface area contributed by atoms with Crippen LogP contribution < -0.4 is 10.6 Å². The Morgan fingerprint density at radius 2 is 2.00 bits per heavy atom. The predicted molar refractivity (Wildman–Crippen MR) is 73.4 cm³/mol. The highest BCUT2D eigenvalue weighted by molar-refractivity contribution is 9.10. The molecule has 0 unspecified atom stereocenters. The number of amides is 2. The second kappa shape index (κ2) is 7.20. The van der Waals surface area contributed by atoms with Crippen LogP contribution in [0.4, 0.5) is 0 Å². The number of rotatable bonds is 6. The van der Waals surface area contributed by atoms with Crippen LogP contribution in [0.25, 0.3) is 0 Å². The Morgan fingerprint density at radius 3 is 2.61 bits per heavy atom. The van der Waals surface area contributed by atoms with E-state index in [0.717, 1.165) is 17.4 Å². The lowest BCUT2D eigenvalue weighted by atomic mass is 10.3. The summed E-state index contributed by atoms with van der Waals surface area (Å²) in [7, 11) is 0. The molecular weight excluding hydrogens is 298 g/mol. The van der Waals surface area contributed by atoms with Gasteiger partial charge in [0.15, 0.2) is 0 Å². The molecule has 1 rings (SSSR count). The first-order valence-electron chi connectivity index (χ1n) is 5.93. The molecule has 0 saturated carbocycles. The van der Waals surface area contributed by atoms with E-state index in [9.17, 15) is 9.59 Å². The van der Waals surface area contributed by atoms with Gasteiger partial charge in [0.1, 0.15) is 5.69 Å². The minimum atomic E-state index is -0.125. The SMILES string of the molecule is CCCn1cc(Br)cc1C(=O)NCCNC(C)=O. The van der Waals surface area contributed by atoms with Crippen molar-refractivity contribution in [3.8, 4) is 0 Å². The molecule has 0 saturated heterocycles. The quantitative estimate of drug-likeness (QED) is 0.782. The molecule has 0 fully saturated rings. The highest BCUT2D eigenvalue weighted by Gasteiger charge is 2.11. The van der Waals surface area contributed by atoms with Gasteiger partial charge in [0, 0.05) is 37.2 Å². The Hall–Kier alpha value is -1.30. The zero-order chi connectivity index (χ0) is 13.5. The molecule has 6 heteroatoms. The van der Waals surface area contributed by atoms with Crippen LogP contribution in [0.1, 0.15) is 30.8 Å². The molecule has 0 aliphatic heterocycles. The molecule has 0 spiro atoms. The van der Waals surface area contributed by atoms with Crippen molar-refractivity contribution >= 4 is 27.7 Å². The molecule has 1 aromatic rings. The third-order valence-electron chi connectivity index (χ3n) is 2.34. The normalized spacial score (nSPS) is 10.2. The van der Waals surface area contributed by atoms with Crippen LogP contribution in [0, 0.1) is 0 Å². The van der Waals surface area contributed by atoms with E-state index in [1.54, 1.807) is 6.07 Å². The minimum absolute atomic E-state index is 0.0960. The number of halogens is 1. The van der Waals surface area contributed by atoms with Gasteiger partial charge in [-0.05, 0) is 28.4 Å². The van der Waals surface area contributed by atoms with Crippen molar-refractivity contribution in [2.24, 2.45) is 0 Å². The monoisotopic (exact) mass is 315 g/mol. The number of hydrogen-bond acceptors (Lipinski definition) is 2. The molecule has 0 aromatic carbocycles. The van der Waals surface area contributed by atoms with Gasteiger partial charge in [-0.1, -0.05) is 6.92 Å². The molecule has 2 amide bonds. The zero-order valence-corrected chi connectivity index (χ0v) is 12.2. The first-order valence-corrected chi connectivity index (χ1v) is 6.72. The smallest absolute Gasteiger partial charge is 0.268 e. The molecule has 1 aromatic heterocycles. The second-order valence-electron chi connectivity index (χ2n) is 3.98. The number of aryl methyl sites for hydroxylation is 1. The van der Waals surface area contributed by atoms with E-state index in [-0.39, 0.29) is 11.8 Å². The highest BCUT2D eigenvalue weighted by atomic mass is 79.9. The summed E-state index contributed by atoms with van der Waals surface area (Å²) < 4.78 is 2.81. The molecule has 0 aliphatic carbocycles. The lowest BCUT2D eigenvalue weighted by Gasteiger charge is -2.08. The van der Waals surface area contributed by atoms with E-state index in [4.69, 9.17) is 0 Å². The maximum Gasteiger partial charge on any atom is 0.268 e. The average molecular weight is 316 g/mol. The third-order valence-corrected chi connectivity index (χ3v) is 2.78. The van der Waals surface area contributed by atoms with Gasteiger partial charge in [0.25, 0.3) is 5.91 Å². The van der Waals surface area contributed by atoms with E-state index in [1.165, 1.54) is 6.92 Å². The van der Waals surface area contributed by atoms with Gasteiger partial charge in [0.05, 0.1) is 0 Å². The molecule has 18 heavy (non-hydrogen) atoms. The summed E-state index contributed by atoms with van der Waals surface area (Å²) >= 11 is 3.36. The summed E-state index contributed by atoms with van der Waals surface area (Å²) in [5.41, 5.74) is 0.631. The lowest BCUT2D eigenvalue weighted by molar-refractivity contribution is -0.118. The Balaban J connectivity index is 2.52. The van der Waals surface area contributed by atoms with Crippen molar-refractivity contribution in [2.75, 3.05) is 13.1 Å². The van der Waals surface area contributed by atoms with Gasteiger partial charge in [-0.3, -0.25) is 9.59 Å². The topological polar surface area (TPSA) is 63.1 Å². The Bertz CT molecular complexity index is 429. The van der Waals surface area contributed by atoms with Crippen LogP contribution in [0.5, 0.6) is 0 Å². The average Bonchev–Trinajstić information content (AvgIpc) is 2.66. The Morgan fingerprint density at radius 1 is 1.33 bits per heavy atom. The molecule has 100 valence electrons. The molecule has 0 radical (unpaired) electrons. The van der Waals surface area contributed by atoms with E-state index in [0.29, 0.717) is 18.8 Å². The third kappa shape index (κ3) is 4.52. The number of carbonyl (C=O) groups excluding carboxylic acids is 2. The minimum Gasteiger partial charge on any atom is -0.355 e. The van der Waals surface area contributed by atoms with Gasteiger partial charge < -0.3 is 15.2 Å². The van der Waals surface area contributed by atoms with Crippen LogP contribution in [0.2, 0.25) is 0 Å². The fourth-order valence-electron chi connectivity index (χ4n) is 1.60. The maximum absolute atomic E-state index is 11.9. The van der Waals surface area contributed by atoms with Crippen molar-refractivity contribution in [1.82, 2.24) is 15.2 Å². The van der Waals surface area contributed by atoms with E-state index >= 15 is 0 Å². The van der Waals surface area contributed by atoms with Gasteiger partial charge in [-0.25, -0.2) is 0 Å². The van der Waals surface area contributed by atoms with Gasteiger partial charge in [0.2, 0.25) is 5.91 Å². The van der Waals surface area contributed by atoms with Gasteiger partial charge in [-0.15, -0.1) is 0 Å². The van der Waals surface area contributed by atoms with Gasteiger partial charge >= 0.3 is 0 Å². The van der Waals surface area contributed by atoms with Crippen LogP contribution in [0.15, 0.2) is 16.7 Å². The first-order chi connectivity index (χ1) is 8.54. The molecule has 0 atom stereocenters. The number of nitrogens with one attached hydrogen (secondary N) is 2. The molecule has 2 N–H and O–H groups in total. The molecular formula is C12H18BrN3O2. The number of carbonyl (C=O) groups is 2. The Kier molecular flexibility index (Phi) is 5.91. The summed E-state index contributed by atoms with van der Waals surface area (Å²) in [5.74, 6) is -0.221. The summed E-state index contributed by atoms with van der Waals surface area (Å²) in [6.45, 7) is 5.18. The number of aromatic nitrogens is 1. The van der Waals surface area contributed by atoms with Crippen molar-refractivity contribution in [3.05, 3.63) is 22.4 Å². The van der Waals surface area contributed by atoms with Crippen LogP contribution in [-0.2, 0) is 11.3 Å². The van der Waals surface area contributed by atoms with Crippen molar-refractivity contribution in [1.29, 1.82) is 0 Å². The molecule has 1 heterocycles. The van der Waals surface area contributed by atoms with Crippen molar-refractivity contribution in [3.63, 3.8) is 0 Å². The van der Waals surface area contributed by atoms with Crippen LogP contribution in [0.3, 0.4) is 0 Å². The maximum atomic E-state index is 11.9. The largest absolute Gasteiger partial charge is 0.355 e. The fraction of sp³-hybridized carbons (Fsp3) is 0.500. The van der Waals surface area contributed by atoms with Crippen molar-refractivity contribution < 1.29 is 9.59 Å². The predicted octanol–water partition coefficient (Wildman–Crippen LogP) is 1.53. The van der Waals surface area contributed by atoms with E-state index in [2.05, 4.69) is 33.5 Å². The second-order valence-corrected chi connectivity index (χ2v) is 4.89. The molecule has 0 aliphatic rings. The highest BCUT2D eigenvalue weighted by Crippen LogP contribution is 2.15. The Labute approximate surface area is 115 Å². The zero-order valence-electron chi connectivity index (χ0n) is 10.6. The van der Waals surface area contributed by atoms with Crippen LogP contribution >= 0.6 is 15.9 Å². The van der Waals surface area contributed by atoms with Crippen LogP contribution in [-0.4, -0.2) is 29.5 Å². The summed E-state index contributed by atoms with van der Waals surface area (Å²) in [6.07, 6.45) is 2.86. The number of hydrogen-bond donors (Lipinski definition) is 2. The standard InChI is InChI=1S/C12H18BrN3O2/c1-3-6-16-8-10(13)7-11(16)12(18)15-5-4-14-9(2)17/h7-8H,3-6H2,1-2H3,(H,14,17)(H,15,18). The number of nitrogens with zero attached hydrogens (tertiary/aromatic N) is 1. The summed E-state index contributed by atoms with van der Waals surface area (Å²) in [5, 5.41) is 5.40. The lowest BCUT2D eigenvalue weighted by Crippen LogP contribution is -2.34.